The van der Waals surface area contributed by atoms with Crippen LogP contribution in [0.4, 0.5) is 22.0 Å². The minimum absolute atomic E-state index is 0.267. The largest absolute Gasteiger partial charge is 0.505 e. The zero-order valence-electron chi connectivity index (χ0n) is 22.8. The molecule has 10 heteroatoms. The molecule has 1 unspecified atom stereocenters. The summed E-state index contributed by atoms with van der Waals surface area (Å²) in [4.78, 5) is 2.10. The second-order valence-corrected chi connectivity index (χ2v) is 12.2. The van der Waals surface area contributed by atoms with E-state index in [2.05, 4.69) is 4.90 Å². The Balaban J connectivity index is 1.54. The maximum atomic E-state index is 14.4. The molecule has 1 aliphatic carbocycles. The van der Waals surface area contributed by atoms with Gasteiger partial charge in [0.15, 0.2) is 23.1 Å². The van der Waals surface area contributed by atoms with E-state index in [0.717, 1.165) is 60.9 Å². The van der Waals surface area contributed by atoms with Gasteiger partial charge in [-0.05, 0) is 117 Å². The van der Waals surface area contributed by atoms with Crippen LogP contribution in [-0.4, -0.2) is 57.1 Å². The van der Waals surface area contributed by atoms with Crippen LogP contribution in [-0.2, 0) is 17.2 Å². The highest BCUT2D eigenvalue weighted by Gasteiger charge is 2.27. The van der Waals surface area contributed by atoms with Crippen molar-refractivity contribution in [2.24, 2.45) is 0 Å². The number of nitrogens with zero attached hydrogens (tertiary/aromatic N) is 1. The molecular weight excluding hydrogens is 549 g/mol. The highest BCUT2D eigenvalue weighted by atomic mass is 32.2. The Morgan fingerprint density at radius 1 is 0.875 bits per heavy atom. The number of phenolic OH excluding ortho intramolecular Hbond substituents is 2. The summed E-state index contributed by atoms with van der Waals surface area (Å²) in [7, 11) is 0.489. The molecule has 2 aromatic carbocycles. The third kappa shape index (κ3) is 9.87. The van der Waals surface area contributed by atoms with E-state index in [1.54, 1.807) is 6.07 Å². The van der Waals surface area contributed by atoms with E-state index in [4.69, 9.17) is 0 Å². The zero-order valence-corrected chi connectivity index (χ0v) is 23.7. The number of hydrogen-bond acceptors (Lipinski definition) is 4. The molecule has 0 fully saturated rings. The topological polar surface area (TPSA) is 60.8 Å². The molecule has 222 valence electrons. The number of halogens is 5. The lowest BCUT2D eigenvalue weighted by molar-refractivity contribution is -0.129. The van der Waals surface area contributed by atoms with Crippen LogP contribution < -0.4 is 0 Å². The van der Waals surface area contributed by atoms with Crippen molar-refractivity contribution in [1.82, 2.24) is 4.90 Å². The number of benzene rings is 2. The molecule has 0 saturated heterocycles. The molecule has 40 heavy (non-hydrogen) atoms. The average Bonchev–Trinajstić information content (AvgIpc) is 3.05. The van der Waals surface area contributed by atoms with Gasteiger partial charge in [-0.3, -0.25) is 4.21 Å². The normalized spacial score (nSPS) is 14.9. The summed E-state index contributed by atoms with van der Waals surface area (Å²) in [6.07, 6.45) is 1.77. The van der Waals surface area contributed by atoms with Crippen molar-refractivity contribution in [3.8, 4) is 11.5 Å². The quantitative estimate of drug-likeness (QED) is 0.177. The van der Waals surface area contributed by atoms with Crippen LogP contribution in [0.5, 0.6) is 11.5 Å². The van der Waals surface area contributed by atoms with Crippen molar-refractivity contribution in [2.75, 3.05) is 31.6 Å². The van der Waals surface area contributed by atoms with Gasteiger partial charge in [-0.2, -0.15) is 13.2 Å². The summed E-state index contributed by atoms with van der Waals surface area (Å²) in [6, 6.07) is 7.13. The van der Waals surface area contributed by atoms with Gasteiger partial charge in [-0.25, -0.2) is 8.78 Å². The van der Waals surface area contributed by atoms with E-state index in [-0.39, 0.29) is 17.3 Å². The summed E-state index contributed by atoms with van der Waals surface area (Å²) in [5, 5.41) is 19.9. The molecule has 2 aromatic rings. The van der Waals surface area contributed by atoms with Gasteiger partial charge in [0.2, 0.25) is 0 Å². The van der Waals surface area contributed by atoms with Crippen LogP contribution in [0, 0.1) is 11.6 Å². The number of aryl methyl sites for hydroxylation is 1. The number of fused-ring (bicyclic) bond motifs is 1. The van der Waals surface area contributed by atoms with E-state index < -0.39 is 40.8 Å². The predicted molar refractivity (Wildman–Crippen MR) is 150 cm³/mol. The molecule has 0 spiro atoms. The first-order chi connectivity index (χ1) is 18.9. The van der Waals surface area contributed by atoms with Gasteiger partial charge in [0.25, 0.3) is 0 Å². The Labute approximate surface area is 235 Å². The second kappa shape index (κ2) is 15.0. The van der Waals surface area contributed by atoms with Gasteiger partial charge in [-0.1, -0.05) is 18.9 Å². The first-order valence-electron chi connectivity index (χ1n) is 13.8. The maximum Gasteiger partial charge on any atom is 0.390 e. The fourth-order valence-electron chi connectivity index (χ4n) is 5.14. The number of rotatable bonds is 14. The maximum absolute atomic E-state index is 14.4. The number of aromatic hydroxyl groups is 2. The van der Waals surface area contributed by atoms with E-state index >= 15 is 0 Å². The molecule has 0 heterocycles. The van der Waals surface area contributed by atoms with E-state index in [0.29, 0.717) is 37.8 Å². The van der Waals surface area contributed by atoms with E-state index in [1.807, 2.05) is 7.05 Å². The predicted octanol–water partition coefficient (Wildman–Crippen LogP) is 7.60. The highest BCUT2D eigenvalue weighted by molar-refractivity contribution is 7.84. The Hall–Kier alpha value is -2.46. The molecule has 1 atom stereocenters. The lowest BCUT2D eigenvalue weighted by atomic mass is 9.88. The SMILES string of the molecule is CN(CCCCCCC1=C(c2ccc(F)c(O)c2)CCCc2cc(O)c(F)cc21)CCCS(=O)CCC(F)(F)F. The first-order valence-corrected chi connectivity index (χ1v) is 15.3. The lowest BCUT2D eigenvalue weighted by Gasteiger charge is -2.18. The van der Waals surface area contributed by atoms with Crippen molar-refractivity contribution in [3.05, 3.63) is 58.7 Å². The third-order valence-corrected chi connectivity index (χ3v) is 8.67. The Morgan fingerprint density at radius 2 is 1.57 bits per heavy atom. The number of unbranched alkanes of at least 4 members (excludes halogenated alkanes) is 3. The summed E-state index contributed by atoms with van der Waals surface area (Å²) in [6.45, 7) is 1.50. The van der Waals surface area contributed by atoms with Crippen molar-refractivity contribution < 1.29 is 36.4 Å². The molecule has 0 radical (unpaired) electrons. The molecule has 0 saturated carbocycles. The smallest absolute Gasteiger partial charge is 0.390 e. The van der Waals surface area contributed by atoms with Crippen LogP contribution in [0.15, 0.2) is 30.3 Å². The first kappa shape index (κ1) is 32.1. The van der Waals surface area contributed by atoms with Crippen LogP contribution in [0.3, 0.4) is 0 Å². The Morgan fingerprint density at radius 3 is 2.30 bits per heavy atom. The van der Waals surface area contributed by atoms with Crippen molar-refractivity contribution >= 4 is 21.9 Å². The molecule has 1 aliphatic rings. The molecule has 0 aromatic heterocycles. The van der Waals surface area contributed by atoms with Crippen LogP contribution in [0.1, 0.15) is 74.5 Å². The summed E-state index contributed by atoms with van der Waals surface area (Å²) < 4.78 is 76.6. The third-order valence-electron chi connectivity index (χ3n) is 7.27. The molecule has 0 aliphatic heterocycles. The van der Waals surface area contributed by atoms with E-state index in [1.165, 1.54) is 24.3 Å². The Bertz CT molecular complexity index is 1200. The van der Waals surface area contributed by atoms with Crippen LogP contribution in [0.2, 0.25) is 0 Å². The number of allylic oxidation sites excluding steroid dienone is 2. The molecular formula is C30H38F5NO3S. The number of alkyl halides is 3. The molecule has 0 amide bonds. The number of phenols is 2. The highest BCUT2D eigenvalue weighted by Crippen LogP contribution is 2.41. The van der Waals surface area contributed by atoms with Crippen molar-refractivity contribution in [2.45, 2.75) is 70.4 Å². The monoisotopic (exact) mass is 587 g/mol. The van der Waals surface area contributed by atoms with E-state index in [9.17, 15) is 36.4 Å². The minimum Gasteiger partial charge on any atom is -0.505 e. The summed E-state index contributed by atoms with van der Waals surface area (Å²) in [5.41, 5.74) is 4.23. The lowest BCUT2D eigenvalue weighted by Crippen LogP contribution is -2.23. The van der Waals surface area contributed by atoms with Gasteiger partial charge in [0.05, 0.1) is 6.42 Å². The zero-order chi connectivity index (χ0) is 29.3. The minimum atomic E-state index is -4.27. The standard InChI is InChI=1S/C30H38F5NO3S/c1-36(15-7-16-40(39)17-13-30(33,34)35)14-5-3-2-4-9-24-23(22-11-12-26(31)28(37)19-22)10-6-8-21-18-29(38)27(32)20-25(21)24/h11-12,18-20,37-38H,2-10,13-17H2,1H3. The van der Waals surface area contributed by atoms with Gasteiger partial charge in [-0.15, -0.1) is 0 Å². The van der Waals surface area contributed by atoms with Gasteiger partial charge in [0.1, 0.15) is 0 Å². The Kier molecular flexibility index (Phi) is 12.0. The van der Waals surface area contributed by atoms with Gasteiger partial charge >= 0.3 is 6.18 Å². The number of hydrogen-bond donors (Lipinski definition) is 2. The second-order valence-electron chi connectivity index (χ2n) is 10.5. The van der Waals surface area contributed by atoms with Crippen LogP contribution >= 0.6 is 0 Å². The van der Waals surface area contributed by atoms with Gasteiger partial charge < -0.3 is 15.1 Å². The van der Waals surface area contributed by atoms with Crippen molar-refractivity contribution in [1.29, 1.82) is 0 Å². The fraction of sp³-hybridized carbons (Fsp3) is 0.533. The molecule has 0 bridgehead atoms. The summed E-state index contributed by atoms with van der Waals surface area (Å²) in [5.74, 6) is -2.27. The molecule has 3 rings (SSSR count). The van der Waals surface area contributed by atoms with Crippen molar-refractivity contribution in [3.63, 3.8) is 0 Å². The van der Waals surface area contributed by atoms with Crippen LogP contribution in [0.25, 0.3) is 11.1 Å². The molecule has 4 nitrogen and oxygen atoms in total. The summed E-state index contributed by atoms with van der Waals surface area (Å²) >= 11 is 0. The molecule has 2 N–H and O–H groups in total. The van der Waals surface area contributed by atoms with Gasteiger partial charge in [0, 0.05) is 22.3 Å². The average molecular weight is 588 g/mol. The fourth-order valence-corrected chi connectivity index (χ4v) is 6.26.